The van der Waals surface area contributed by atoms with Gasteiger partial charge < -0.3 is 5.32 Å². The van der Waals surface area contributed by atoms with Crippen molar-refractivity contribution in [3.8, 4) is 0 Å². The lowest BCUT2D eigenvalue weighted by atomic mass is 10.3. The lowest BCUT2D eigenvalue weighted by Gasteiger charge is -2.03. The van der Waals surface area contributed by atoms with Crippen LogP contribution in [0.5, 0.6) is 0 Å². The van der Waals surface area contributed by atoms with Crippen LogP contribution < -0.4 is 16.6 Å². The third-order valence-corrected chi connectivity index (χ3v) is 2.09. The summed E-state index contributed by atoms with van der Waals surface area (Å²) in [6, 6.07) is 7.07. The number of hydrogen-bond acceptors (Lipinski definition) is 3. The highest BCUT2D eigenvalue weighted by molar-refractivity contribution is 14.1. The van der Waals surface area contributed by atoms with Crippen molar-refractivity contribution in [3.05, 3.63) is 27.8 Å². The van der Waals surface area contributed by atoms with Crippen LogP contribution in [0.1, 0.15) is 0 Å². The van der Waals surface area contributed by atoms with Gasteiger partial charge in [-0.2, -0.15) is 0 Å². The number of hydrazine groups is 1. The molecule has 0 atom stereocenters. The molecule has 2 amide bonds. The first-order valence-electron chi connectivity index (χ1n) is 3.71. The molecule has 0 aliphatic heterocycles. The summed E-state index contributed by atoms with van der Waals surface area (Å²) in [7, 11) is 0. The number of anilines is 1. The number of benzene rings is 1. The Kier molecular flexibility index (Phi) is 3.84. The second kappa shape index (κ2) is 4.91. The zero-order valence-corrected chi connectivity index (χ0v) is 9.24. The van der Waals surface area contributed by atoms with Gasteiger partial charge in [0.1, 0.15) is 0 Å². The molecule has 5 nitrogen and oxygen atoms in total. The molecule has 0 unspecified atom stereocenters. The van der Waals surface area contributed by atoms with Crippen LogP contribution in [-0.4, -0.2) is 11.8 Å². The number of carbonyl (C=O) groups excluding carboxylic acids is 2. The predicted molar refractivity (Wildman–Crippen MR) is 60.1 cm³/mol. The Morgan fingerprint density at radius 3 is 2.57 bits per heavy atom. The van der Waals surface area contributed by atoms with Gasteiger partial charge in [-0.15, -0.1) is 0 Å². The first kappa shape index (κ1) is 10.9. The van der Waals surface area contributed by atoms with E-state index in [4.69, 9.17) is 5.84 Å². The molecule has 14 heavy (non-hydrogen) atoms. The van der Waals surface area contributed by atoms with Gasteiger partial charge in [0.2, 0.25) is 0 Å². The van der Waals surface area contributed by atoms with E-state index < -0.39 is 11.8 Å². The summed E-state index contributed by atoms with van der Waals surface area (Å²) in [5.74, 6) is 3.14. The molecule has 4 N–H and O–H groups in total. The van der Waals surface area contributed by atoms with Gasteiger partial charge in [0.15, 0.2) is 0 Å². The topological polar surface area (TPSA) is 84.2 Å². The minimum Gasteiger partial charge on any atom is -0.318 e. The van der Waals surface area contributed by atoms with Crippen molar-refractivity contribution in [1.82, 2.24) is 5.43 Å². The second-order valence-electron chi connectivity index (χ2n) is 2.44. The lowest BCUT2D eigenvalue weighted by molar-refractivity contribution is -0.136. The predicted octanol–water partition coefficient (Wildman–Crippen LogP) is 0.220. The molecule has 0 saturated carbocycles. The zero-order valence-electron chi connectivity index (χ0n) is 7.08. The monoisotopic (exact) mass is 305 g/mol. The van der Waals surface area contributed by atoms with E-state index in [0.29, 0.717) is 5.69 Å². The summed E-state index contributed by atoms with van der Waals surface area (Å²) in [6.45, 7) is 0. The fourth-order valence-electron chi connectivity index (χ4n) is 0.820. The van der Waals surface area contributed by atoms with E-state index in [1.165, 1.54) is 0 Å². The van der Waals surface area contributed by atoms with Gasteiger partial charge in [-0.05, 0) is 40.8 Å². The van der Waals surface area contributed by atoms with Gasteiger partial charge in [-0.1, -0.05) is 6.07 Å². The maximum atomic E-state index is 11.0. The van der Waals surface area contributed by atoms with Crippen molar-refractivity contribution >= 4 is 40.1 Å². The Labute approximate surface area is 94.2 Å². The van der Waals surface area contributed by atoms with Crippen molar-refractivity contribution < 1.29 is 9.59 Å². The third-order valence-electron chi connectivity index (χ3n) is 1.42. The van der Waals surface area contributed by atoms with Crippen molar-refractivity contribution in [3.63, 3.8) is 0 Å². The Bertz CT molecular complexity index is 367. The number of nitrogens with one attached hydrogen (secondary N) is 2. The summed E-state index contributed by atoms with van der Waals surface area (Å²) in [6.07, 6.45) is 0. The number of rotatable bonds is 1. The zero-order chi connectivity index (χ0) is 10.6. The molecule has 0 spiro atoms. The number of hydrogen-bond donors (Lipinski definition) is 3. The molecule has 0 aliphatic rings. The quantitative estimate of drug-likeness (QED) is 0.228. The normalized spacial score (nSPS) is 9.29. The Morgan fingerprint density at radius 1 is 1.29 bits per heavy atom. The summed E-state index contributed by atoms with van der Waals surface area (Å²) >= 11 is 2.10. The van der Waals surface area contributed by atoms with Gasteiger partial charge >= 0.3 is 11.8 Å². The SMILES string of the molecule is NNC(=O)C(=O)Nc1cccc(I)c1. The summed E-state index contributed by atoms with van der Waals surface area (Å²) in [5.41, 5.74) is 2.31. The van der Waals surface area contributed by atoms with E-state index in [0.717, 1.165) is 3.57 Å². The maximum Gasteiger partial charge on any atom is 0.323 e. The molecule has 0 heterocycles. The summed E-state index contributed by atoms with van der Waals surface area (Å²) < 4.78 is 0.966. The van der Waals surface area contributed by atoms with E-state index in [2.05, 4.69) is 27.9 Å². The minimum atomic E-state index is -0.871. The fourth-order valence-corrected chi connectivity index (χ4v) is 1.36. The average molecular weight is 305 g/mol. The van der Waals surface area contributed by atoms with Gasteiger partial charge in [0.25, 0.3) is 0 Å². The molecule has 1 aromatic rings. The van der Waals surface area contributed by atoms with Crippen LogP contribution in [0.15, 0.2) is 24.3 Å². The Morgan fingerprint density at radius 2 is 2.00 bits per heavy atom. The molecule has 1 rings (SSSR count). The van der Waals surface area contributed by atoms with E-state index in [-0.39, 0.29) is 0 Å². The van der Waals surface area contributed by atoms with Crippen molar-refractivity contribution in [1.29, 1.82) is 0 Å². The number of halogens is 1. The maximum absolute atomic E-state index is 11.0. The van der Waals surface area contributed by atoms with Crippen LogP contribution in [-0.2, 0) is 9.59 Å². The van der Waals surface area contributed by atoms with Crippen LogP contribution in [0.3, 0.4) is 0 Å². The van der Waals surface area contributed by atoms with Crippen molar-refractivity contribution in [2.75, 3.05) is 5.32 Å². The van der Waals surface area contributed by atoms with E-state index in [1.807, 2.05) is 6.07 Å². The Balaban J connectivity index is 2.70. The molecule has 0 aliphatic carbocycles. The molecule has 0 saturated heterocycles. The first-order chi connectivity index (χ1) is 6.63. The van der Waals surface area contributed by atoms with Crippen LogP contribution in [0.4, 0.5) is 5.69 Å². The van der Waals surface area contributed by atoms with Crippen molar-refractivity contribution in [2.45, 2.75) is 0 Å². The molecule has 0 aromatic heterocycles. The van der Waals surface area contributed by atoms with Crippen LogP contribution >= 0.6 is 22.6 Å². The van der Waals surface area contributed by atoms with Gasteiger partial charge in [-0.3, -0.25) is 15.0 Å². The van der Waals surface area contributed by atoms with Gasteiger partial charge in [0.05, 0.1) is 0 Å². The lowest BCUT2D eigenvalue weighted by Crippen LogP contribution is -2.39. The molecule has 1 aromatic carbocycles. The Hall–Kier alpha value is -1.15. The molecule has 74 valence electrons. The smallest absolute Gasteiger partial charge is 0.318 e. The van der Waals surface area contributed by atoms with E-state index in [9.17, 15) is 9.59 Å². The second-order valence-corrected chi connectivity index (χ2v) is 3.68. The summed E-state index contributed by atoms with van der Waals surface area (Å²) in [5, 5.41) is 2.40. The third kappa shape index (κ3) is 2.96. The average Bonchev–Trinajstić information content (AvgIpc) is 2.16. The van der Waals surface area contributed by atoms with Gasteiger partial charge in [-0.25, -0.2) is 5.84 Å². The molecular formula is C8H8IN3O2. The molecule has 6 heteroatoms. The molecule has 0 fully saturated rings. The highest BCUT2D eigenvalue weighted by Crippen LogP contribution is 2.11. The molecular weight excluding hydrogens is 297 g/mol. The highest BCUT2D eigenvalue weighted by Gasteiger charge is 2.11. The summed E-state index contributed by atoms with van der Waals surface area (Å²) in [4.78, 5) is 21.8. The van der Waals surface area contributed by atoms with Crippen molar-refractivity contribution in [2.24, 2.45) is 5.84 Å². The molecule has 0 radical (unpaired) electrons. The fraction of sp³-hybridized carbons (Fsp3) is 0. The number of carbonyl (C=O) groups is 2. The van der Waals surface area contributed by atoms with Crippen LogP contribution in [0.2, 0.25) is 0 Å². The standard InChI is InChI=1S/C8H8IN3O2/c9-5-2-1-3-6(4-5)11-7(13)8(14)12-10/h1-4H,10H2,(H,11,13)(H,12,14). The minimum absolute atomic E-state index is 0.561. The highest BCUT2D eigenvalue weighted by atomic mass is 127. The number of nitrogens with two attached hydrogens (primary N) is 1. The van der Waals surface area contributed by atoms with E-state index >= 15 is 0 Å². The van der Waals surface area contributed by atoms with Gasteiger partial charge in [0, 0.05) is 9.26 Å². The van der Waals surface area contributed by atoms with Crippen LogP contribution in [0, 0.1) is 3.57 Å². The van der Waals surface area contributed by atoms with Crippen LogP contribution in [0.25, 0.3) is 0 Å². The van der Waals surface area contributed by atoms with E-state index in [1.54, 1.807) is 23.6 Å². The first-order valence-corrected chi connectivity index (χ1v) is 4.79. The largest absolute Gasteiger partial charge is 0.323 e. The molecule has 0 bridgehead atoms. The number of amides is 2.